The van der Waals surface area contributed by atoms with E-state index in [1.807, 2.05) is 0 Å². The Balaban J connectivity index is 0.000000346. The zero-order valence-corrected chi connectivity index (χ0v) is 16.4. The summed E-state index contributed by atoms with van der Waals surface area (Å²) in [6, 6.07) is 1.72. The van der Waals surface area contributed by atoms with E-state index in [-0.39, 0.29) is 23.4 Å². The summed E-state index contributed by atoms with van der Waals surface area (Å²) in [6.07, 6.45) is 7.48. The molecular weight excluding hydrogens is 386 g/mol. The van der Waals surface area contributed by atoms with Crippen LogP contribution in [0.5, 0.6) is 0 Å². The maximum atomic E-state index is 13.1. The van der Waals surface area contributed by atoms with Gasteiger partial charge in [-0.3, -0.25) is 13.9 Å². The average molecular weight is 413 g/mol. The van der Waals surface area contributed by atoms with E-state index in [4.69, 9.17) is 23.3 Å². The van der Waals surface area contributed by atoms with Crippen LogP contribution in [0.15, 0.2) is 0 Å². The van der Waals surface area contributed by atoms with Gasteiger partial charge in [-0.15, -0.1) is 0 Å². The molecule has 28 heavy (non-hydrogen) atoms. The molecule has 1 saturated heterocycles. The molecule has 6 rings (SSSR count). The number of piperidine rings is 1. The van der Waals surface area contributed by atoms with Crippen molar-refractivity contribution in [2.45, 2.75) is 75.1 Å². The van der Waals surface area contributed by atoms with Crippen LogP contribution in [0.2, 0.25) is 0 Å². The molecule has 0 spiro atoms. The molecule has 0 aromatic carbocycles. The predicted molar refractivity (Wildman–Crippen MR) is 97.0 cm³/mol. The number of hydrogen-bond donors (Lipinski definition) is 4. The van der Waals surface area contributed by atoms with Crippen molar-refractivity contribution in [3.05, 3.63) is 0 Å². The standard InChI is InChI=1S/C18H25N3O2.H2O4S/c19-8-13-2-12-3-14(12)21(13)16(22)15(20)17-4-10-1-11(5-17)7-18(23,6-10)9-17;1-5(2,3)4/h10-15,23H,1-7,9,20H2;(H2,1,2,3,4)/t10-,11+,12-,13+,14+,15-,17?,18?;/m1./s1. The van der Waals surface area contributed by atoms with Crippen molar-refractivity contribution < 1.29 is 27.4 Å². The monoisotopic (exact) mass is 413 g/mol. The molecule has 1 heterocycles. The first-order valence-corrected chi connectivity index (χ1v) is 11.2. The van der Waals surface area contributed by atoms with Crippen LogP contribution < -0.4 is 5.73 Å². The van der Waals surface area contributed by atoms with E-state index >= 15 is 0 Å². The van der Waals surface area contributed by atoms with E-state index < -0.39 is 22.0 Å². The van der Waals surface area contributed by atoms with Crippen LogP contribution >= 0.6 is 0 Å². The highest BCUT2D eigenvalue weighted by atomic mass is 32.3. The Morgan fingerprint density at radius 1 is 1.14 bits per heavy atom. The van der Waals surface area contributed by atoms with Crippen molar-refractivity contribution >= 4 is 16.3 Å². The highest BCUT2D eigenvalue weighted by molar-refractivity contribution is 7.79. The molecule has 5 saturated carbocycles. The largest absolute Gasteiger partial charge is 0.394 e. The topological polar surface area (TPSA) is 165 Å². The van der Waals surface area contributed by atoms with E-state index in [9.17, 15) is 15.2 Å². The summed E-state index contributed by atoms with van der Waals surface area (Å²) in [7, 11) is -4.67. The maximum absolute atomic E-state index is 13.1. The Bertz CT molecular complexity index is 802. The molecule has 9 nitrogen and oxygen atoms in total. The van der Waals surface area contributed by atoms with Crippen molar-refractivity contribution in [2.75, 3.05) is 0 Å². The molecular formula is C18H27N3O6S. The number of nitrogens with two attached hydrogens (primary N) is 1. The van der Waals surface area contributed by atoms with Gasteiger partial charge in [0.2, 0.25) is 5.91 Å². The van der Waals surface area contributed by atoms with E-state index in [2.05, 4.69) is 6.07 Å². The van der Waals surface area contributed by atoms with Crippen molar-refractivity contribution in [3.8, 4) is 6.07 Å². The number of nitrogens with zero attached hydrogens (tertiary/aromatic N) is 2. The Morgan fingerprint density at radius 3 is 2.21 bits per heavy atom. The second-order valence-corrected chi connectivity index (χ2v) is 10.6. The fourth-order valence-corrected chi connectivity index (χ4v) is 6.96. The molecule has 6 fully saturated rings. The van der Waals surface area contributed by atoms with Gasteiger partial charge < -0.3 is 15.7 Å². The van der Waals surface area contributed by atoms with Crippen molar-refractivity contribution in [3.63, 3.8) is 0 Å². The minimum Gasteiger partial charge on any atom is -0.390 e. The molecule has 10 heteroatoms. The maximum Gasteiger partial charge on any atom is 0.394 e. The van der Waals surface area contributed by atoms with Crippen LogP contribution in [0.4, 0.5) is 0 Å². The van der Waals surface area contributed by atoms with Gasteiger partial charge in [0.25, 0.3) is 0 Å². The fraction of sp³-hybridized carbons (Fsp3) is 0.889. The third-order valence-electron chi connectivity index (χ3n) is 7.51. The van der Waals surface area contributed by atoms with Crippen LogP contribution in [0.1, 0.15) is 51.4 Å². The lowest BCUT2D eigenvalue weighted by molar-refractivity contribution is -0.177. The molecule has 6 aliphatic rings. The minimum atomic E-state index is -4.67. The van der Waals surface area contributed by atoms with Crippen molar-refractivity contribution in [2.24, 2.45) is 28.9 Å². The predicted octanol–water partition coefficient (Wildman–Crippen LogP) is 0.505. The minimum absolute atomic E-state index is 0.0212. The Hall–Kier alpha value is -1.25. The molecule has 1 amide bonds. The SMILES string of the molecule is N#C[C@@H]1C[C@@H]2C[C@@H]2N1C(=O)[C@@H](N)C12C[C@@H]3C[C@@H](CC(O)(C3)C1)C2.O=S(=O)(O)O. The molecule has 156 valence electrons. The summed E-state index contributed by atoms with van der Waals surface area (Å²) in [6.45, 7) is 0. The van der Waals surface area contributed by atoms with Gasteiger partial charge in [-0.2, -0.15) is 13.7 Å². The second-order valence-electron chi connectivity index (χ2n) is 9.66. The lowest BCUT2D eigenvalue weighted by Gasteiger charge is -2.61. The molecule has 5 N–H and O–H groups in total. The molecule has 5 aliphatic carbocycles. The average Bonchev–Trinajstić information content (AvgIpc) is 3.20. The lowest BCUT2D eigenvalue weighted by Crippen LogP contribution is -2.64. The van der Waals surface area contributed by atoms with Gasteiger partial charge in [-0.25, -0.2) is 0 Å². The second kappa shape index (κ2) is 6.37. The number of amides is 1. The van der Waals surface area contributed by atoms with Crippen LogP contribution in [0.25, 0.3) is 0 Å². The number of fused-ring (bicyclic) bond motifs is 1. The normalized spacial score (nSPS) is 46.2. The first-order chi connectivity index (χ1) is 12.9. The summed E-state index contributed by atoms with van der Waals surface area (Å²) < 4.78 is 31.6. The summed E-state index contributed by atoms with van der Waals surface area (Å²) in [5.41, 5.74) is 5.71. The van der Waals surface area contributed by atoms with E-state index in [1.54, 1.807) is 4.90 Å². The molecule has 1 aliphatic heterocycles. The Kier molecular flexibility index (Phi) is 4.56. The quantitative estimate of drug-likeness (QED) is 0.475. The van der Waals surface area contributed by atoms with Gasteiger partial charge in [-0.05, 0) is 74.5 Å². The number of rotatable bonds is 2. The number of nitriles is 1. The summed E-state index contributed by atoms with van der Waals surface area (Å²) in [5, 5.41) is 20.2. The van der Waals surface area contributed by atoms with Crippen LogP contribution in [0, 0.1) is 34.5 Å². The van der Waals surface area contributed by atoms with Gasteiger partial charge in [-0.1, -0.05) is 0 Å². The summed E-state index contributed by atoms with van der Waals surface area (Å²) in [5.74, 6) is 1.56. The molecule has 4 bridgehead atoms. The van der Waals surface area contributed by atoms with Crippen molar-refractivity contribution in [1.82, 2.24) is 4.90 Å². The van der Waals surface area contributed by atoms with E-state index in [0.717, 1.165) is 38.5 Å². The highest BCUT2D eigenvalue weighted by Gasteiger charge is 2.62. The molecule has 8 atom stereocenters. The Labute approximate surface area is 164 Å². The number of carbonyl (C=O) groups excluding carboxylic acids is 1. The molecule has 0 radical (unpaired) electrons. The third kappa shape index (κ3) is 3.55. The van der Waals surface area contributed by atoms with Crippen LogP contribution in [-0.2, 0) is 15.2 Å². The van der Waals surface area contributed by atoms with Gasteiger partial charge in [0.15, 0.2) is 0 Å². The number of aliphatic hydroxyl groups is 1. The van der Waals surface area contributed by atoms with E-state index in [1.165, 1.54) is 6.42 Å². The summed E-state index contributed by atoms with van der Waals surface area (Å²) >= 11 is 0. The zero-order valence-electron chi connectivity index (χ0n) is 15.6. The van der Waals surface area contributed by atoms with Gasteiger partial charge in [0, 0.05) is 6.04 Å². The van der Waals surface area contributed by atoms with Crippen LogP contribution in [0.3, 0.4) is 0 Å². The molecule has 0 aromatic heterocycles. The first kappa shape index (κ1) is 20.0. The fourth-order valence-electron chi connectivity index (χ4n) is 6.96. The summed E-state index contributed by atoms with van der Waals surface area (Å²) in [4.78, 5) is 14.9. The smallest absolute Gasteiger partial charge is 0.390 e. The van der Waals surface area contributed by atoms with Crippen LogP contribution in [-0.4, -0.2) is 57.2 Å². The lowest BCUT2D eigenvalue weighted by atomic mass is 9.46. The number of hydrogen-bond acceptors (Lipinski definition) is 6. The number of carbonyl (C=O) groups is 1. The number of likely N-dealkylation sites (tertiary alicyclic amines) is 1. The van der Waals surface area contributed by atoms with Crippen molar-refractivity contribution in [1.29, 1.82) is 5.26 Å². The zero-order chi connectivity index (χ0) is 20.5. The van der Waals surface area contributed by atoms with E-state index in [0.29, 0.717) is 24.2 Å². The molecule has 2 unspecified atom stereocenters. The van der Waals surface area contributed by atoms with Gasteiger partial charge in [0.1, 0.15) is 6.04 Å². The van der Waals surface area contributed by atoms with Gasteiger partial charge in [0.05, 0.1) is 17.7 Å². The highest BCUT2D eigenvalue weighted by Crippen LogP contribution is 2.63. The third-order valence-corrected chi connectivity index (χ3v) is 7.51. The van der Waals surface area contributed by atoms with Gasteiger partial charge >= 0.3 is 10.4 Å². The Morgan fingerprint density at radius 2 is 1.71 bits per heavy atom. The molecule has 0 aromatic rings. The first-order valence-electron chi connectivity index (χ1n) is 9.83.